The molecule has 3 aliphatic heterocycles. The van der Waals surface area contributed by atoms with Crippen LogP contribution in [0.1, 0.15) is 38.4 Å². The van der Waals surface area contributed by atoms with Gasteiger partial charge in [0.25, 0.3) is 0 Å². The summed E-state index contributed by atoms with van der Waals surface area (Å²) in [7, 11) is 2.15. The smallest absolute Gasteiger partial charge is 0.318 e. The molecule has 2 atom stereocenters. The average Bonchev–Trinajstić information content (AvgIpc) is 3.43. The molecule has 9 nitrogen and oxygen atoms in total. The Bertz CT molecular complexity index is 1520. The van der Waals surface area contributed by atoms with Gasteiger partial charge in [-0.1, -0.05) is 49.9 Å². The molecule has 2 fully saturated rings. The Morgan fingerprint density at radius 2 is 1.89 bits per heavy atom. The number of aromatic nitrogens is 2. The quantitative estimate of drug-likeness (QED) is 0.276. The summed E-state index contributed by atoms with van der Waals surface area (Å²) in [5, 5.41) is 2.47. The van der Waals surface area contributed by atoms with Crippen LogP contribution >= 0.6 is 13.5 Å². The van der Waals surface area contributed by atoms with Crippen LogP contribution in [0.15, 0.2) is 54.6 Å². The lowest BCUT2D eigenvalue weighted by molar-refractivity contribution is -0.128. The number of amides is 1. The fourth-order valence-corrected chi connectivity index (χ4v) is 6.60. The highest BCUT2D eigenvalue weighted by atomic mass is 32.1. The summed E-state index contributed by atoms with van der Waals surface area (Å²) in [5.41, 5.74) is 3.34. The minimum absolute atomic E-state index is 0. The predicted molar refractivity (Wildman–Crippen MR) is 183 cm³/mol. The van der Waals surface area contributed by atoms with Crippen LogP contribution < -0.4 is 14.5 Å². The van der Waals surface area contributed by atoms with Crippen molar-refractivity contribution in [1.29, 1.82) is 0 Å². The fraction of sp³-hybridized carbons (Fsp3) is 0.471. The van der Waals surface area contributed by atoms with Crippen molar-refractivity contribution in [1.82, 2.24) is 19.8 Å². The van der Waals surface area contributed by atoms with E-state index in [9.17, 15) is 4.79 Å². The Morgan fingerprint density at radius 3 is 2.66 bits per heavy atom. The third kappa shape index (κ3) is 6.79. The van der Waals surface area contributed by atoms with E-state index in [2.05, 4.69) is 69.1 Å². The highest BCUT2D eigenvalue weighted by Crippen LogP contribution is 2.35. The van der Waals surface area contributed by atoms with Crippen molar-refractivity contribution in [2.45, 2.75) is 52.2 Å². The van der Waals surface area contributed by atoms with Crippen LogP contribution in [-0.2, 0) is 17.8 Å². The summed E-state index contributed by atoms with van der Waals surface area (Å²) >= 11 is 0. The second-order valence-electron chi connectivity index (χ2n) is 11.5. The molecule has 3 aliphatic rings. The summed E-state index contributed by atoms with van der Waals surface area (Å²) in [6.07, 6.45) is 6.46. The van der Waals surface area contributed by atoms with E-state index in [-0.39, 0.29) is 39.4 Å². The number of anilines is 2. The number of rotatable bonds is 7. The molecule has 0 saturated carbocycles. The molecule has 1 amide bonds. The first-order valence-electron chi connectivity index (χ1n) is 15.0. The van der Waals surface area contributed by atoms with Crippen molar-refractivity contribution >= 4 is 41.7 Å². The van der Waals surface area contributed by atoms with Crippen molar-refractivity contribution in [2.75, 3.05) is 62.7 Å². The maximum absolute atomic E-state index is 12.8. The van der Waals surface area contributed by atoms with Crippen LogP contribution in [-0.4, -0.2) is 90.7 Å². The average molecular weight is 616 g/mol. The molecule has 1 aromatic heterocycles. The Labute approximate surface area is 268 Å². The lowest BCUT2D eigenvalue weighted by Crippen LogP contribution is -2.56. The molecule has 1 unspecified atom stereocenters. The molecule has 0 bridgehead atoms. The topological polar surface area (TPSA) is 69.4 Å². The molecule has 0 N–H and O–H groups in total. The van der Waals surface area contributed by atoms with E-state index in [4.69, 9.17) is 21.3 Å². The van der Waals surface area contributed by atoms with E-state index in [0.29, 0.717) is 44.8 Å². The Balaban J connectivity index is 0.00000221. The van der Waals surface area contributed by atoms with Crippen LogP contribution in [0, 0.1) is 6.57 Å². The summed E-state index contributed by atoms with van der Waals surface area (Å²) in [5.74, 6) is 0.853. The van der Waals surface area contributed by atoms with Gasteiger partial charge in [0.2, 0.25) is 12.5 Å². The molecule has 0 aliphatic carbocycles. The number of allylic oxidation sites excluding steroid dienone is 1. The van der Waals surface area contributed by atoms with Gasteiger partial charge in [0.05, 0.1) is 12.2 Å². The molecular weight excluding hydrogens is 570 g/mol. The van der Waals surface area contributed by atoms with Gasteiger partial charge in [-0.25, -0.2) is 6.57 Å². The standard InChI is InChI=1S/C33H39N7O2.CH4.H2S/c1-4-9-31(41)40-19-18-39(21-26(40)20-34-2)32-28-15-17-38(30-14-7-11-24-10-5-6-13-27(24)30)22-29(28)35-33(36-32)42-23-25-12-8-16-37(25)3;;/h4-7,9-11,13-14,25-26H,8,12,15-23H2,1,3H3;1H4;1H2/b9-4+;;/t25-,26?;;/m0../s1. The highest BCUT2D eigenvalue weighted by molar-refractivity contribution is 7.59. The largest absolute Gasteiger partial charge is 0.462 e. The summed E-state index contributed by atoms with van der Waals surface area (Å²) < 4.78 is 6.30. The molecule has 2 aromatic carbocycles. The van der Waals surface area contributed by atoms with Gasteiger partial charge in [-0.2, -0.15) is 23.5 Å². The zero-order valence-corrected chi connectivity index (χ0v) is 26.1. The van der Waals surface area contributed by atoms with E-state index in [1.54, 1.807) is 12.2 Å². The van der Waals surface area contributed by atoms with E-state index in [1.165, 1.54) is 22.9 Å². The van der Waals surface area contributed by atoms with Crippen molar-refractivity contribution in [2.24, 2.45) is 0 Å². The number of carbonyl (C=O) groups excluding carboxylic acids is 1. The minimum atomic E-state index is -0.196. The molecule has 0 radical (unpaired) electrons. The molecule has 3 aromatic rings. The van der Waals surface area contributed by atoms with Crippen molar-refractivity contribution in [3.63, 3.8) is 0 Å². The number of benzene rings is 2. The first-order chi connectivity index (χ1) is 20.6. The van der Waals surface area contributed by atoms with Crippen LogP contribution in [0.25, 0.3) is 15.6 Å². The summed E-state index contributed by atoms with van der Waals surface area (Å²) in [6, 6.07) is 15.6. The van der Waals surface area contributed by atoms with Gasteiger partial charge in [0, 0.05) is 48.9 Å². The number of nitrogens with zero attached hydrogens (tertiary/aromatic N) is 7. The fourth-order valence-electron chi connectivity index (χ4n) is 6.60. The van der Waals surface area contributed by atoms with Crippen molar-refractivity contribution < 1.29 is 9.53 Å². The second-order valence-corrected chi connectivity index (χ2v) is 11.5. The highest BCUT2D eigenvalue weighted by Gasteiger charge is 2.35. The Morgan fingerprint density at radius 1 is 1.07 bits per heavy atom. The summed E-state index contributed by atoms with van der Waals surface area (Å²) in [6.45, 7) is 14.6. The lowest BCUT2D eigenvalue weighted by Gasteiger charge is -2.41. The first kappa shape index (κ1) is 33.1. The zero-order chi connectivity index (χ0) is 29.1. The number of likely N-dealkylation sites (N-methyl/N-ethyl adjacent to an activating group) is 1. The zero-order valence-electron chi connectivity index (χ0n) is 25.1. The van der Waals surface area contributed by atoms with Gasteiger partial charge in [-0.05, 0) is 57.3 Å². The van der Waals surface area contributed by atoms with Gasteiger partial charge in [0.1, 0.15) is 18.5 Å². The molecule has 44 heavy (non-hydrogen) atoms. The molecule has 234 valence electrons. The maximum Gasteiger partial charge on any atom is 0.318 e. The SMILES string of the molecule is C.S.[C-]#[N+]CC1CN(c2nc(OC[C@@H]3CCCN3C)nc3c2CCN(c2cccc4ccccc24)C3)CCN1C(=O)/C=C/C. The van der Waals surface area contributed by atoms with E-state index < -0.39 is 0 Å². The number of carbonyl (C=O) groups is 1. The minimum Gasteiger partial charge on any atom is -0.462 e. The van der Waals surface area contributed by atoms with Gasteiger partial charge in [-0.15, -0.1) is 0 Å². The Hall–Kier alpha value is -3.81. The van der Waals surface area contributed by atoms with E-state index >= 15 is 0 Å². The number of piperazine rings is 1. The summed E-state index contributed by atoms with van der Waals surface area (Å²) in [4.78, 5) is 35.3. The lowest BCUT2D eigenvalue weighted by atomic mass is 10.0. The number of hydrogen-bond donors (Lipinski definition) is 0. The number of hydrogen-bond acceptors (Lipinski definition) is 7. The van der Waals surface area contributed by atoms with Gasteiger partial charge < -0.3 is 29.2 Å². The first-order valence-corrected chi connectivity index (χ1v) is 15.0. The van der Waals surface area contributed by atoms with E-state index in [0.717, 1.165) is 43.0 Å². The predicted octanol–water partition coefficient (Wildman–Crippen LogP) is 4.93. The normalized spacial score (nSPS) is 20.2. The molecule has 4 heterocycles. The number of fused-ring (bicyclic) bond motifs is 2. The van der Waals surface area contributed by atoms with Crippen LogP contribution in [0.4, 0.5) is 11.5 Å². The third-order valence-corrected chi connectivity index (χ3v) is 8.88. The monoisotopic (exact) mass is 615 g/mol. The van der Waals surface area contributed by atoms with Crippen LogP contribution in [0.2, 0.25) is 0 Å². The molecule has 2 saturated heterocycles. The molecule has 0 spiro atoms. The van der Waals surface area contributed by atoms with Gasteiger partial charge >= 0.3 is 6.01 Å². The van der Waals surface area contributed by atoms with Gasteiger partial charge in [-0.3, -0.25) is 4.79 Å². The van der Waals surface area contributed by atoms with Gasteiger partial charge in [0.15, 0.2) is 0 Å². The Kier molecular flexibility index (Phi) is 11.1. The molecule has 10 heteroatoms. The van der Waals surface area contributed by atoms with E-state index in [1.807, 2.05) is 11.8 Å². The van der Waals surface area contributed by atoms with Crippen LogP contribution in [0.3, 0.4) is 0 Å². The number of likely N-dealkylation sites (tertiary alicyclic amines) is 1. The number of ether oxygens (including phenoxy) is 1. The van der Waals surface area contributed by atoms with Crippen LogP contribution in [0.5, 0.6) is 6.01 Å². The van der Waals surface area contributed by atoms with Crippen molar-refractivity contribution in [3.8, 4) is 6.01 Å². The maximum atomic E-state index is 12.8. The third-order valence-electron chi connectivity index (χ3n) is 8.88. The molecular formula is C34H45N7O2S. The second kappa shape index (κ2) is 14.8. The molecule has 6 rings (SSSR count). The van der Waals surface area contributed by atoms with Crippen molar-refractivity contribution in [3.05, 3.63) is 77.3 Å².